The predicted molar refractivity (Wildman–Crippen MR) is 83.2 cm³/mol. The van der Waals surface area contributed by atoms with Gasteiger partial charge in [-0.15, -0.1) is 0 Å². The Morgan fingerprint density at radius 3 is 2.59 bits per heavy atom. The van der Waals surface area contributed by atoms with Gasteiger partial charge < -0.3 is 5.32 Å². The third-order valence-electron chi connectivity index (χ3n) is 3.10. The van der Waals surface area contributed by atoms with Crippen molar-refractivity contribution in [2.45, 2.75) is 6.54 Å². The normalized spacial score (nSPS) is 10.9. The second kappa shape index (κ2) is 6.02. The summed E-state index contributed by atoms with van der Waals surface area (Å²) in [5, 5.41) is 4.19. The van der Waals surface area contributed by atoms with Crippen LogP contribution in [0.15, 0.2) is 36.7 Å². The molecule has 0 radical (unpaired) electrons. The summed E-state index contributed by atoms with van der Waals surface area (Å²) in [6.07, 6.45) is 1.22. The minimum atomic E-state index is -0.727. The molecule has 0 saturated heterocycles. The number of benzene rings is 2. The summed E-state index contributed by atoms with van der Waals surface area (Å²) < 4.78 is 27.1. The van der Waals surface area contributed by atoms with E-state index in [0.29, 0.717) is 22.4 Å². The average Bonchev–Trinajstić information content (AvgIpc) is 2.48. The van der Waals surface area contributed by atoms with Crippen LogP contribution in [0, 0.1) is 11.6 Å². The Balaban J connectivity index is 1.92. The van der Waals surface area contributed by atoms with E-state index in [1.807, 2.05) is 0 Å². The molecule has 0 saturated carbocycles. The summed E-state index contributed by atoms with van der Waals surface area (Å²) in [6, 6.07) is 7.17. The first-order valence-corrected chi connectivity index (χ1v) is 7.08. The van der Waals surface area contributed by atoms with Gasteiger partial charge in [0.05, 0.1) is 10.0 Å². The molecule has 3 aromatic rings. The van der Waals surface area contributed by atoms with Crippen molar-refractivity contribution in [3.63, 3.8) is 0 Å². The SMILES string of the molecule is Fc1cc(F)c2ncnc(NCc3ccc(Cl)c(Cl)c3)c2c1. The first-order valence-electron chi connectivity index (χ1n) is 6.32. The van der Waals surface area contributed by atoms with E-state index in [1.165, 1.54) is 12.4 Å². The molecule has 2 aromatic carbocycles. The minimum Gasteiger partial charge on any atom is -0.365 e. The van der Waals surface area contributed by atoms with Crippen LogP contribution in [-0.2, 0) is 6.54 Å². The molecular formula is C15H9Cl2F2N3. The zero-order chi connectivity index (χ0) is 15.7. The highest BCUT2D eigenvalue weighted by Gasteiger charge is 2.10. The lowest BCUT2D eigenvalue weighted by Crippen LogP contribution is -2.03. The molecule has 0 atom stereocenters. The molecule has 0 aliphatic carbocycles. The number of hydrogen-bond acceptors (Lipinski definition) is 3. The van der Waals surface area contributed by atoms with E-state index >= 15 is 0 Å². The summed E-state index contributed by atoms with van der Waals surface area (Å²) in [7, 11) is 0. The molecule has 0 fully saturated rings. The highest BCUT2D eigenvalue weighted by molar-refractivity contribution is 6.42. The predicted octanol–water partition coefficient (Wildman–Crippen LogP) is 4.83. The Morgan fingerprint density at radius 2 is 1.82 bits per heavy atom. The Kier molecular flexibility index (Phi) is 4.09. The Labute approximate surface area is 134 Å². The molecule has 0 spiro atoms. The van der Waals surface area contributed by atoms with Crippen LogP contribution in [0.4, 0.5) is 14.6 Å². The van der Waals surface area contributed by atoms with Gasteiger partial charge in [0.25, 0.3) is 0 Å². The number of nitrogens with zero attached hydrogens (tertiary/aromatic N) is 2. The number of anilines is 1. The standard InChI is InChI=1S/C15H9Cl2F2N3/c16-11-2-1-8(3-12(11)17)6-20-15-10-4-9(18)5-13(19)14(10)21-7-22-15/h1-5,7H,6H2,(H,20,21,22). The summed E-state index contributed by atoms with van der Waals surface area (Å²) in [4.78, 5) is 7.86. The fraction of sp³-hybridized carbons (Fsp3) is 0.0667. The van der Waals surface area contributed by atoms with Gasteiger partial charge in [-0.25, -0.2) is 18.7 Å². The second-order valence-corrected chi connectivity index (χ2v) is 5.42. The maximum absolute atomic E-state index is 13.7. The summed E-state index contributed by atoms with van der Waals surface area (Å²) in [5.41, 5.74) is 0.922. The number of halogens is 4. The highest BCUT2D eigenvalue weighted by Crippen LogP contribution is 2.25. The van der Waals surface area contributed by atoms with Crippen LogP contribution in [0.2, 0.25) is 10.0 Å². The molecule has 0 aliphatic rings. The van der Waals surface area contributed by atoms with Gasteiger partial charge in [-0.3, -0.25) is 0 Å². The molecule has 22 heavy (non-hydrogen) atoms. The van der Waals surface area contributed by atoms with E-state index < -0.39 is 11.6 Å². The molecule has 7 heteroatoms. The third-order valence-corrected chi connectivity index (χ3v) is 3.84. The van der Waals surface area contributed by atoms with E-state index in [-0.39, 0.29) is 10.9 Å². The van der Waals surface area contributed by atoms with Crippen LogP contribution < -0.4 is 5.32 Å². The van der Waals surface area contributed by atoms with Crippen molar-refractivity contribution in [1.82, 2.24) is 9.97 Å². The molecule has 0 amide bonds. The van der Waals surface area contributed by atoms with E-state index in [2.05, 4.69) is 15.3 Å². The molecule has 1 N–H and O–H groups in total. The largest absolute Gasteiger partial charge is 0.365 e. The molecule has 112 valence electrons. The van der Waals surface area contributed by atoms with Crippen molar-refractivity contribution in [2.24, 2.45) is 0 Å². The lowest BCUT2D eigenvalue weighted by Gasteiger charge is -2.09. The molecule has 1 aromatic heterocycles. The molecule has 1 heterocycles. The van der Waals surface area contributed by atoms with Gasteiger partial charge in [0.1, 0.15) is 23.5 Å². The highest BCUT2D eigenvalue weighted by atomic mass is 35.5. The maximum Gasteiger partial charge on any atom is 0.152 e. The number of aromatic nitrogens is 2. The van der Waals surface area contributed by atoms with Gasteiger partial charge in [0.2, 0.25) is 0 Å². The van der Waals surface area contributed by atoms with Crippen molar-refractivity contribution in [1.29, 1.82) is 0 Å². The van der Waals surface area contributed by atoms with Crippen LogP contribution in [0.1, 0.15) is 5.56 Å². The molecule has 3 nitrogen and oxygen atoms in total. The summed E-state index contributed by atoms with van der Waals surface area (Å²) >= 11 is 11.8. The van der Waals surface area contributed by atoms with Crippen molar-refractivity contribution in [2.75, 3.05) is 5.32 Å². The maximum atomic E-state index is 13.7. The van der Waals surface area contributed by atoms with Crippen LogP contribution in [-0.4, -0.2) is 9.97 Å². The van der Waals surface area contributed by atoms with Gasteiger partial charge in [0, 0.05) is 18.0 Å². The Bertz CT molecular complexity index is 856. The van der Waals surface area contributed by atoms with E-state index in [0.717, 1.165) is 11.6 Å². The molecular weight excluding hydrogens is 331 g/mol. The van der Waals surface area contributed by atoms with Crippen LogP contribution in [0.5, 0.6) is 0 Å². The third kappa shape index (κ3) is 2.96. The number of hydrogen-bond donors (Lipinski definition) is 1. The average molecular weight is 340 g/mol. The fourth-order valence-corrected chi connectivity index (χ4v) is 2.39. The zero-order valence-electron chi connectivity index (χ0n) is 11.1. The van der Waals surface area contributed by atoms with Crippen LogP contribution >= 0.6 is 23.2 Å². The van der Waals surface area contributed by atoms with Gasteiger partial charge in [0.15, 0.2) is 5.82 Å². The lowest BCUT2D eigenvalue weighted by molar-refractivity contribution is 0.590. The van der Waals surface area contributed by atoms with Gasteiger partial charge >= 0.3 is 0 Å². The second-order valence-electron chi connectivity index (χ2n) is 4.61. The van der Waals surface area contributed by atoms with Crippen molar-refractivity contribution in [3.05, 3.63) is 63.9 Å². The fourth-order valence-electron chi connectivity index (χ4n) is 2.07. The van der Waals surface area contributed by atoms with E-state index in [1.54, 1.807) is 18.2 Å². The number of fused-ring (bicyclic) bond motifs is 1. The van der Waals surface area contributed by atoms with E-state index in [9.17, 15) is 8.78 Å². The Hall–Kier alpha value is -1.98. The lowest BCUT2D eigenvalue weighted by atomic mass is 10.2. The monoisotopic (exact) mass is 339 g/mol. The van der Waals surface area contributed by atoms with Gasteiger partial charge in [-0.05, 0) is 23.8 Å². The molecule has 0 aliphatic heterocycles. The van der Waals surface area contributed by atoms with Gasteiger partial charge in [-0.1, -0.05) is 29.3 Å². The Morgan fingerprint density at radius 1 is 1.00 bits per heavy atom. The van der Waals surface area contributed by atoms with Crippen LogP contribution in [0.25, 0.3) is 10.9 Å². The van der Waals surface area contributed by atoms with Crippen molar-refractivity contribution in [3.8, 4) is 0 Å². The quantitative estimate of drug-likeness (QED) is 0.742. The van der Waals surface area contributed by atoms with Crippen molar-refractivity contribution >= 4 is 39.9 Å². The first kappa shape index (κ1) is 14.9. The molecule has 0 unspecified atom stereocenters. The molecule has 0 bridgehead atoms. The topological polar surface area (TPSA) is 37.8 Å². The zero-order valence-corrected chi connectivity index (χ0v) is 12.6. The first-order chi connectivity index (χ1) is 10.5. The summed E-state index contributed by atoms with van der Waals surface area (Å²) in [6.45, 7) is 0.376. The van der Waals surface area contributed by atoms with Crippen LogP contribution in [0.3, 0.4) is 0 Å². The summed E-state index contributed by atoms with van der Waals surface area (Å²) in [5.74, 6) is -1.07. The number of rotatable bonds is 3. The number of nitrogens with one attached hydrogen (secondary N) is 1. The minimum absolute atomic E-state index is 0.0630. The van der Waals surface area contributed by atoms with Gasteiger partial charge in [-0.2, -0.15) is 0 Å². The molecule has 3 rings (SSSR count). The smallest absolute Gasteiger partial charge is 0.152 e. The van der Waals surface area contributed by atoms with E-state index in [4.69, 9.17) is 23.2 Å². The van der Waals surface area contributed by atoms with Crippen molar-refractivity contribution < 1.29 is 8.78 Å².